The summed E-state index contributed by atoms with van der Waals surface area (Å²) in [5.41, 5.74) is 2.53. The van der Waals surface area contributed by atoms with Crippen molar-refractivity contribution in [3.8, 4) is 11.5 Å². The molecule has 2 N–H and O–H groups in total. The second kappa shape index (κ2) is 13.4. The summed E-state index contributed by atoms with van der Waals surface area (Å²) < 4.78 is 10.7. The number of aromatic hydroxyl groups is 1. The smallest absolute Gasteiger partial charge is 0.309 e. The zero-order chi connectivity index (χ0) is 24.4. The van der Waals surface area contributed by atoms with E-state index in [0.29, 0.717) is 35.1 Å². The lowest BCUT2D eigenvalue weighted by Crippen LogP contribution is -2.11. The highest BCUT2D eigenvalue weighted by atomic mass is 35.5. The Morgan fingerprint density at radius 3 is 2.61 bits per heavy atom. The number of halogens is 1. The molecule has 6 nitrogen and oxygen atoms in total. The highest BCUT2D eigenvalue weighted by molar-refractivity contribution is 7.99. The first kappa shape index (κ1) is 26.9. The normalized spacial score (nSPS) is 11.6. The molecule has 2 aromatic rings. The van der Waals surface area contributed by atoms with E-state index in [1.54, 1.807) is 23.9 Å². The third-order valence-corrected chi connectivity index (χ3v) is 6.63. The number of methoxy groups -OCH3 is 1. The van der Waals surface area contributed by atoms with Crippen LogP contribution in [-0.4, -0.2) is 41.5 Å². The number of oxime groups is 1. The van der Waals surface area contributed by atoms with Gasteiger partial charge in [0.05, 0.1) is 30.9 Å². The Kier molecular flexibility index (Phi) is 10.9. The maximum atomic E-state index is 11.4. The van der Waals surface area contributed by atoms with Gasteiger partial charge in [0.15, 0.2) is 0 Å². The van der Waals surface area contributed by atoms with E-state index in [2.05, 4.69) is 9.89 Å². The van der Waals surface area contributed by atoms with Crippen LogP contribution in [0.15, 0.2) is 40.4 Å². The second-order valence-electron chi connectivity index (χ2n) is 7.90. The highest BCUT2D eigenvalue weighted by Gasteiger charge is 2.19. The molecule has 0 aliphatic heterocycles. The maximum absolute atomic E-state index is 11.4. The fourth-order valence-electron chi connectivity index (χ4n) is 3.37. The standard InChI is InChI=1S/C25H32ClNO5S/c1-5-7-18-21(10-9-19(25(18)29)24(27-30)16(2)3)32-12-6-13-33-22-11-8-17(14-20(22)26)15-23(28)31-4/h8-11,14,16,29-30H,5-7,12-13,15H2,1-4H3. The Labute approximate surface area is 204 Å². The molecule has 2 rings (SSSR count). The number of phenolic OH excluding ortho intramolecular Hbond substituents is 1. The largest absolute Gasteiger partial charge is 0.507 e. The molecule has 0 heterocycles. The molecular formula is C25H32ClNO5S. The van der Waals surface area contributed by atoms with Crippen molar-refractivity contribution in [2.45, 2.75) is 51.3 Å². The zero-order valence-electron chi connectivity index (χ0n) is 19.6. The van der Waals surface area contributed by atoms with Crippen molar-refractivity contribution in [1.29, 1.82) is 0 Å². The van der Waals surface area contributed by atoms with Crippen molar-refractivity contribution in [2.24, 2.45) is 11.1 Å². The van der Waals surface area contributed by atoms with Crippen LogP contribution in [0.1, 0.15) is 50.3 Å². The Hall–Kier alpha value is -2.38. The van der Waals surface area contributed by atoms with Gasteiger partial charge in [0.2, 0.25) is 0 Å². The van der Waals surface area contributed by atoms with Crippen LogP contribution in [0, 0.1) is 5.92 Å². The van der Waals surface area contributed by atoms with Gasteiger partial charge < -0.3 is 19.8 Å². The van der Waals surface area contributed by atoms with Gasteiger partial charge in [-0.15, -0.1) is 11.8 Å². The first-order chi connectivity index (χ1) is 15.8. The fraction of sp³-hybridized carbons (Fsp3) is 0.440. The number of benzene rings is 2. The van der Waals surface area contributed by atoms with Gasteiger partial charge in [0, 0.05) is 21.8 Å². The predicted molar refractivity (Wildman–Crippen MR) is 133 cm³/mol. The monoisotopic (exact) mass is 493 g/mol. The van der Waals surface area contributed by atoms with E-state index in [1.807, 2.05) is 39.0 Å². The van der Waals surface area contributed by atoms with Gasteiger partial charge in [-0.05, 0) is 48.6 Å². The summed E-state index contributed by atoms with van der Waals surface area (Å²) in [5.74, 6) is 1.24. The summed E-state index contributed by atoms with van der Waals surface area (Å²) in [5, 5.41) is 24.1. The lowest BCUT2D eigenvalue weighted by atomic mass is 9.95. The molecule has 0 amide bonds. The summed E-state index contributed by atoms with van der Waals surface area (Å²) in [6.45, 7) is 6.35. The van der Waals surface area contributed by atoms with Crippen molar-refractivity contribution in [3.05, 3.63) is 52.0 Å². The third-order valence-electron chi connectivity index (χ3n) is 5.05. The van der Waals surface area contributed by atoms with Crippen molar-refractivity contribution in [2.75, 3.05) is 19.5 Å². The summed E-state index contributed by atoms with van der Waals surface area (Å²) in [4.78, 5) is 12.4. The van der Waals surface area contributed by atoms with Crippen LogP contribution in [-0.2, 0) is 22.4 Å². The minimum absolute atomic E-state index is 0.0273. The number of carbonyl (C=O) groups excluding carboxylic acids is 1. The molecule has 0 radical (unpaired) electrons. The molecule has 0 atom stereocenters. The van der Waals surface area contributed by atoms with Gasteiger partial charge in [-0.25, -0.2) is 0 Å². The van der Waals surface area contributed by atoms with E-state index in [0.717, 1.165) is 34.6 Å². The average Bonchev–Trinajstić information content (AvgIpc) is 2.78. The summed E-state index contributed by atoms with van der Waals surface area (Å²) in [7, 11) is 1.36. The fourth-order valence-corrected chi connectivity index (χ4v) is 4.58. The quantitative estimate of drug-likeness (QED) is 0.0925. The molecule has 33 heavy (non-hydrogen) atoms. The van der Waals surface area contributed by atoms with Crippen molar-refractivity contribution in [1.82, 2.24) is 0 Å². The van der Waals surface area contributed by atoms with E-state index in [1.165, 1.54) is 7.11 Å². The molecule has 0 saturated heterocycles. The minimum Gasteiger partial charge on any atom is -0.507 e. The molecule has 0 aliphatic rings. The zero-order valence-corrected chi connectivity index (χ0v) is 21.1. The maximum Gasteiger partial charge on any atom is 0.309 e. The molecule has 0 fully saturated rings. The minimum atomic E-state index is -0.297. The SMILES string of the molecule is CCCc1c(OCCCSc2ccc(CC(=O)OC)cc2Cl)ccc(C(=NO)C(C)C)c1O. The summed E-state index contributed by atoms with van der Waals surface area (Å²) in [6.07, 6.45) is 2.49. The number of hydrogen-bond acceptors (Lipinski definition) is 7. The van der Waals surface area contributed by atoms with Crippen LogP contribution in [0.25, 0.3) is 0 Å². The van der Waals surface area contributed by atoms with Gasteiger partial charge in [-0.3, -0.25) is 4.79 Å². The number of ether oxygens (including phenoxy) is 2. The Bertz CT molecular complexity index is 978. The lowest BCUT2D eigenvalue weighted by Gasteiger charge is -2.17. The first-order valence-electron chi connectivity index (χ1n) is 11.0. The van der Waals surface area contributed by atoms with Crippen LogP contribution in [0.4, 0.5) is 0 Å². The molecule has 0 spiro atoms. The van der Waals surface area contributed by atoms with Crippen LogP contribution in [0.2, 0.25) is 5.02 Å². The van der Waals surface area contributed by atoms with Gasteiger partial charge >= 0.3 is 5.97 Å². The van der Waals surface area contributed by atoms with Crippen LogP contribution < -0.4 is 4.74 Å². The van der Waals surface area contributed by atoms with E-state index >= 15 is 0 Å². The molecule has 0 aliphatic carbocycles. The lowest BCUT2D eigenvalue weighted by molar-refractivity contribution is -0.139. The molecule has 0 unspecified atom stereocenters. The summed E-state index contributed by atoms with van der Waals surface area (Å²) >= 11 is 7.98. The number of phenols is 1. The molecule has 0 saturated carbocycles. The molecule has 0 bridgehead atoms. The molecular weight excluding hydrogens is 462 g/mol. The van der Waals surface area contributed by atoms with Gasteiger partial charge in [-0.2, -0.15) is 0 Å². The van der Waals surface area contributed by atoms with Gasteiger partial charge in [0.1, 0.15) is 11.5 Å². The third kappa shape index (κ3) is 7.57. The van der Waals surface area contributed by atoms with Crippen molar-refractivity contribution >= 4 is 35.0 Å². The van der Waals surface area contributed by atoms with E-state index < -0.39 is 0 Å². The molecule has 180 valence electrons. The number of nitrogens with zero attached hydrogens (tertiary/aromatic N) is 1. The second-order valence-corrected chi connectivity index (χ2v) is 9.44. The number of rotatable bonds is 12. The van der Waals surface area contributed by atoms with Gasteiger partial charge in [-0.1, -0.05) is 50.0 Å². The van der Waals surface area contributed by atoms with Crippen LogP contribution in [0.3, 0.4) is 0 Å². The van der Waals surface area contributed by atoms with Crippen molar-refractivity contribution < 1.29 is 24.6 Å². The van der Waals surface area contributed by atoms with E-state index in [-0.39, 0.29) is 24.1 Å². The number of hydrogen-bond donors (Lipinski definition) is 2. The first-order valence-corrected chi connectivity index (χ1v) is 12.4. The van der Waals surface area contributed by atoms with E-state index in [9.17, 15) is 15.1 Å². The molecule has 2 aromatic carbocycles. The Morgan fingerprint density at radius 2 is 2.00 bits per heavy atom. The van der Waals surface area contributed by atoms with E-state index in [4.69, 9.17) is 16.3 Å². The topological polar surface area (TPSA) is 88.4 Å². The Morgan fingerprint density at radius 1 is 1.24 bits per heavy atom. The number of thioether (sulfide) groups is 1. The van der Waals surface area contributed by atoms with Crippen LogP contribution in [0.5, 0.6) is 11.5 Å². The van der Waals surface area contributed by atoms with Gasteiger partial charge in [0.25, 0.3) is 0 Å². The Balaban J connectivity index is 1.96. The number of carbonyl (C=O) groups is 1. The van der Waals surface area contributed by atoms with Crippen molar-refractivity contribution in [3.63, 3.8) is 0 Å². The summed E-state index contributed by atoms with van der Waals surface area (Å²) in [6, 6.07) is 9.15. The average molecular weight is 494 g/mol. The molecule has 8 heteroatoms. The molecule has 0 aromatic heterocycles. The predicted octanol–water partition coefficient (Wildman–Crippen LogP) is 6.11. The number of esters is 1. The highest BCUT2D eigenvalue weighted by Crippen LogP contribution is 2.34. The van der Waals surface area contributed by atoms with Crippen LogP contribution >= 0.6 is 23.4 Å².